The summed E-state index contributed by atoms with van der Waals surface area (Å²) in [5, 5.41) is 9.25. The zero-order valence-corrected chi connectivity index (χ0v) is 18.0. The van der Waals surface area contributed by atoms with Crippen molar-refractivity contribution < 1.29 is 9.18 Å². The van der Waals surface area contributed by atoms with Crippen LogP contribution in [-0.4, -0.2) is 38.0 Å². The number of amides is 1. The van der Waals surface area contributed by atoms with Gasteiger partial charge in [-0.25, -0.2) is 4.39 Å². The van der Waals surface area contributed by atoms with E-state index in [-0.39, 0.29) is 17.5 Å². The third-order valence-corrected chi connectivity index (χ3v) is 6.29. The van der Waals surface area contributed by atoms with Gasteiger partial charge >= 0.3 is 0 Å². The van der Waals surface area contributed by atoms with E-state index in [1.54, 1.807) is 24.5 Å². The van der Waals surface area contributed by atoms with Crippen LogP contribution in [0.15, 0.2) is 78.2 Å². The number of carbonyl (C=O) groups excluding carboxylic acids is 1. The zero-order valence-electron chi connectivity index (χ0n) is 17.2. The number of carbonyl (C=O) groups is 1. The monoisotopic (exact) mass is 445 g/mol. The van der Waals surface area contributed by atoms with Crippen molar-refractivity contribution in [2.45, 2.75) is 18.0 Å². The molecule has 0 radical (unpaired) electrons. The van der Waals surface area contributed by atoms with Crippen LogP contribution in [0.4, 0.5) is 10.1 Å². The molecule has 0 spiro atoms. The summed E-state index contributed by atoms with van der Waals surface area (Å²) in [5.74, 6) is 0.514. The molecule has 1 aliphatic rings. The predicted molar refractivity (Wildman–Crippen MR) is 122 cm³/mol. The molecule has 0 aliphatic carbocycles. The van der Waals surface area contributed by atoms with E-state index in [0.29, 0.717) is 23.2 Å². The lowest BCUT2D eigenvalue weighted by Gasteiger charge is -2.29. The fraction of sp³-hybridized carbons (Fsp3) is 0.167. The van der Waals surface area contributed by atoms with Crippen LogP contribution in [0.5, 0.6) is 0 Å². The molecule has 0 saturated heterocycles. The Kier molecular flexibility index (Phi) is 5.68. The number of aryl methyl sites for hydroxylation is 1. The second-order valence-electron chi connectivity index (χ2n) is 7.43. The first-order chi connectivity index (χ1) is 15.7. The van der Waals surface area contributed by atoms with Gasteiger partial charge in [-0.2, -0.15) is 0 Å². The normalized spacial score (nSPS) is 13.1. The topological polar surface area (TPSA) is 63.9 Å². The predicted octanol–water partition coefficient (Wildman–Crippen LogP) is 4.54. The lowest BCUT2D eigenvalue weighted by molar-refractivity contribution is -0.116. The molecule has 6 nitrogen and oxygen atoms in total. The van der Waals surface area contributed by atoms with Gasteiger partial charge in [0, 0.05) is 35.9 Å². The third-order valence-electron chi connectivity index (χ3n) is 5.37. The Bertz CT molecular complexity index is 1240. The van der Waals surface area contributed by atoms with E-state index in [0.717, 1.165) is 24.1 Å². The number of aromatic nitrogens is 4. The van der Waals surface area contributed by atoms with E-state index in [1.807, 2.05) is 39.8 Å². The number of nitrogens with zero attached hydrogens (tertiary/aromatic N) is 5. The number of hydrogen-bond acceptors (Lipinski definition) is 5. The summed E-state index contributed by atoms with van der Waals surface area (Å²) in [4.78, 5) is 19.1. The molecular weight excluding hydrogens is 425 g/mol. The molecule has 160 valence electrons. The first kappa shape index (κ1) is 20.4. The minimum atomic E-state index is -0.321. The molecule has 0 atom stereocenters. The number of rotatable bonds is 5. The summed E-state index contributed by atoms with van der Waals surface area (Å²) in [7, 11) is 0. The first-order valence-electron chi connectivity index (χ1n) is 10.3. The highest BCUT2D eigenvalue weighted by molar-refractivity contribution is 7.99. The molecule has 0 bridgehead atoms. The largest absolute Gasteiger partial charge is 0.311 e. The molecule has 2 aromatic carbocycles. The molecule has 0 saturated carbocycles. The molecule has 2 aromatic heterocycles. The maximum absolute atomic E-state index is 13.5. The molecule has 0 N–H and O–H groups in total. The average Bonchev–Trinajstić information content (AvgIpc) is 3.27. The Labute approximate surface area is 189 Å². The van der Waals surface area contributed by atoms with Gasteiger partial charge in [0.1, 0.15) is 5.82 Å². The van der Waals surface area contributed by atoms with E-state index in [2.05, 4.69) is 21.2 Å². The van der Waals surface area contributed by atoms with Crippen molar-refractivity contribution in [2.24, 2.45) is 0 Å². The zero-order chi connectivity index (χ0) is 21.9. The van der Waals surface area contributed by atoms with Gasteiger partial charge in [0.25, 0.3) is 0 Å². The van der Waals surface area contributed by atoms with E-state index in [1.165, 1.54) is 29.5 Å². The van der Waals surface area contributed by atoms with Crippen LogP contribution in [0.2, 0.25) is 0 Å². The second kappa shape index (κ2) is 8.92. The molecule has 1 aliphatic heterocycles. The Morgan fingerprint density at radius 3 is 2.69 bits per heavy atom. The van der Waals surface area contributed by atoms with Crippen molar-refractivity contribution in [1.29, 1.82) is 0 Å². The first-order valence-corrected chi connectivity index (χ1v) is 11.3. The Morgan fingerprint density at radius 2 is 1.88 bits per heavy atom. The number of benzene rings is 2. The van der Waals surface area contributed by atoms with E-state index in [4.69, 9.17) is 0 Å². The average molecular weight is 446 g/mol. The van der Waals surface area contributed by atoms with E-state index < -0.39 is 0 Å². The highest BCUT2D eigenvalue weighted by Gasteiger charge is 2.24. The smallest absolute Gasteiger partial charge is 0.237 e. The highest BCUT2D eigenvalue weighted by Crippen LogP contribution is 2.30. The van der Waals surface area contributed by atoms with Crippen molar-refractivity contribution in [3.63, 3.8) is 0 Å². The SMILES string of the molecule is O=C(CSc1nnc(-c2cccnc2)n1-c1ccc(F)cc1)N1CCCc2ccccc21. The number of thioether (sulfide) groups is 1. The second-order valence-corrected chi connectivity index (χ2v) is 8.37. The van der Waals surface area contributed by atoms with Crippen LogP contribution in [0, 0.1) is 5.82 Å². The molecule has 3 heterocycles. The van der Waals surface area contributed by atoms with E-state index in [9.17, 15) is 9.18 Å². The van der Waals surface area contributed by atoms with Crippen molar-refractivity contribution >= 4 is 23.4 Å². The van der Waals surface area contributed by atoms with Gasteiger partial charge in [0.15, 0.2) is 11.0 Å². The van der Waals surface area contributed by atoms with Crippen LogP contribution in [0.25, 0.3) is 17.1 Å². The van der Waals surface area contributed by atoms with Crippen LogP contribution in [-0.2, 0) is 11.2 Å². The number of halogens is 1. The maximum atomic E-state index is 13.5. The molecule has 1 amide bonds. The molecule has 5 rings (SSSR count). The van der Waals surface area contributed by atoms with Gasteiger partial charge in [-0.05, 0) is 60.9 Å². The lowest BCUT2D eigenvalue weighted by atomic mass is 10.0. The minimum Gasteiger partial charge on any atom is -0.311 e. The molecule has 0 fully saturated rings. The van der Waals surface area contributed by atoms with Crippen LogP contribution < -0.4 is 4.90 Å². The van der Waals surface area contributed by atoms with Crippen molar-refractivity contribution in [3.05, 3.63) is 84.4 Å². The quantitative estimate of drug-likeness (QED) is 0.422. The molecule has 8 heteroatoms. The maximum Gasteiger partial charge on any atom is 0.237 e. The molecule has 4 aromatic rings. The fourth-order valence-electron chi connectivity index (χ4n) is 3.87. The summed E-state index contributed by atoms with van der Waals surface area (Å²) in [6.45, 7) is 0.710. The van der Waals surface area contributed by atoms with Gasteiger partial charge in [-0.15, -0.1) is 10.2 Å². The summed E-state index contributed by atoms with van der Waals surface area (Å²) in [6.07, 6.45) is 5.33. The lowest BCUT2D eigenvalue weighted by Crippen LogP contribution is -2.36. The van der Waals surface area contributed by atoms with Gasteiger partial charge in [-0.3, -0.25) is 14.3 Å². The summed E-state index contributed by atoms with van der Waals surface area (Å²) in [5.41, 5.74) is 3.69. The molecule has 0 unspecified atom stereocenters. The van der Waals surface area contributed by atoms with Crippen molar-refractivity contribution in [2.75, 3.05) is 17.2 Å². The standard InChI is InChI=1S/C24H20FN5OS/c25-19-9-11-20(12-10-19)30-23(18-6-3-13-26-15-18)27-28-24(30)32-16-22(31)29-14-4-7-17-5-1-2-8-21(17)29/h1-3,5-6,8-13,15H,4,7,14,16H2. The Morgan fingerprint density at radius 1 is 1.03 bits per heavy atom. The third kappa shape index (κ3) is 4.01. The molecular formula is C24H20FN5OS. The van der Waals surface area contributed by atoms with Crippen molar-refractivity contribution in [1.82, 2.24) is 19.7 Å². The minimum absolute atomic E-state index is 0.0266. The van der Waals surface area contributed by atoms with Gasteiger partial charge in [0.05, 0.1) is 5.75 Å². The van der Waals surface area contributed by atoms with Crippen molar-refractivity contribution in [3.8, 4) is 17.1 Å². The molecule has 32 heavy (non-hydrogen) atoms. The highest BCUT2D eigenvalue weighted by atomic mass is 32.2. The number of fused-ring (bicyclic) bond motifs is 1. The van der Waals surface area contributed by atoms with Gasteiger partial charge < -0.3 is 4.90 Å². The summed E-state index contributed by atoms with van der Waals surface area (Å²) in [6, 6.07) is 17.9. The number of para-hydroxylation sites is 1. The van der Waals surface area contributed by atoms with Crippen LogP contribution in [0.1, 0.15) is 12.0 Å². The summed E-state index contributed by atoms with van der Waals surface area (Å²) < 4.78 is 15.4. The Balaban J connectivity index is 1.44. The number of hydrogen-bond donors (Lipinski definition) is 0. The van der Waals surface area contributed by atoms with Crippen LogP contribution in [0.3, 0.4) is 0 Å². The Hall–Kier alpha value is -3.52. The number of anilines is 1. The summed E-state index contributed by atoms with van der Waals surface area (Å²) >= 11 is 1.32. The van der Waals surface area contributed by atoms with E-state index >= 15 is 0 Å². The number of pyridine rings is 1. The van der Waals surface area contributed by atoms with Gasteiger partial charge in [-0.1, -0.05) is 30.0 Å². The fourth-order valence-corrected chi connectivity index (χ4v) is 4.69. The van der Waals surface area contributed by atoms with Crippen LogP contribution >= 0.6 is 11.8 Å². The van der Waals surface area contributed by atoms with Gasteiger partial charge in [0.2, 0.25) is 5.91 Å².